The number of hydrogen-bond acceptors (Lipinski definition) is 4. The molecule has 0 radical (unpaired) electrons. The summed E-state index contributed by atoms with van der Waals surface area (Å²) in [7, 11) is -3.94. The van der Waals surface area contributed by atoms with Gasteiger partial charge in [0.15, 0.2) is 0 Å². The topological polar surface area (TPSA) is 74.6 Å². The minimum atomic E-state index is -4.14. The van der Waals surface area contributed by atoms with Gasteiger partial charge in [0, 0.05) is 10.8 Å². The molecule has 0 heterocycles. The van der Waals surface area contributed by atoms with E-state index in [1.54, 1.807) is 12.1 Å². The van der Waals surface area contributed by atoms with E-state index in [0.29, 0.717) is 0 Å². The second kappa shape index (κ2) is 3.34. The minimum Gasteiger partial charge on any atom is -0.507 e. The van der Waals surface area contributed by atoms with Gasteiger partial charge in [-0.05, 0) is 12.1 Å². The summed E-state index contributed by atoms with van der Waals surface area (Å²) < 4.78 is 29.1. The van der Waals surface area contributed by atoms with E-state index in [1.165, 1.54) is 12.1 Å². The molecule has 1 aromatic carbocycles. The van der Waals surface area contributed by atoms with Crippen molar-refractivity contribution in [2.75, 3.05) is 0 Å². The molecule has 0 aromatic heterocycles. The lowest BCUT2D eigenvalue weighted by Gasteiger charge is -1.98. The Kier molecular flexibility index (Phi) is 2.61. The molecule has 2 N–H and O–H groups in total. The third kappa shape index (κ3) is 2.72. The molecule has 0 aliphatic rings. The van der Waals surface area contributed by atoms with Gasteiger partial charge in [-0.25, -0.2) is 0 Å². The van der Waals surface area contributed by atoms with Gasteiger partial charge in [-0.2, -0.15) is 8.42 Å². The molecule has 0 saturated heterocycles. The van der Waals surface area contributed by atoms with Crippen molar-refractivity contribution >= 4 is 19.9 Å². The number of hydrogen-bond donors (Lipinski definition) is 2. The Morgan fingerprint density at radius 3 is 2.33 bits per heavy atom. The zero-order chi connectivity index (χ0) is 9.19. The second-order valence-corrected chi connectivity index (χ2v) is 5.20. The lowest BCUT2D eigenvalue weighted by molar-refractivity contribution is 0.462. The molecule has 0 spiro atoms. The zero-order valence-corrected chi connectivity index (χ0v) is 7.47. The molecule has 4 nitrogen and oxygen atoms in total. The van der Waals surface area contributed by atoms with Crippen LogP contribution in [0.25, 0.3) is 0 Å². The lowest BCUT2D eigenvalue weighted by atomic mass is 10.3. The summed E-state index contributed by atoms with van der Waals surface area (Å²) in [4.78, 5) is 0.111. The number of aromatic hydroxyl groups is 1. The van der Waals surface area contributed by atoms with E-state index in [-0.39, 0.29) is 21.4 Å². The number of phenols is 1. The molecule has 0 bridgehead atoms. The number of benzene rings is 1. The number of rotatable bonds is 2. The highest BCUT2D eigenvalue weighted by Gasteiger charge is 2.10. The molecule has 1 rings (SSSR count). The van der Waals surface area contributed by atoms with Crippen LogP contribution in [0.3, 0.4) is 0 Å². The molecule has 0 fully saturated rings. The molecule has 0 saturated carbocycles. The van der Waals surface area contributed by atoms with Crippen molar-refractivity contribution in [3.8, 4) is 5.75 Å². The summed E-state index contributed by atoms with van der Waals surface area (Å²) in [6.07, 6.45) is 0. The van der Waals surface area contributed by atoms with Gasteiger partial charge < -0.3 is 5.11 Å². The van der Waals surface area contributed by atoms with Crippen LogP contribution in [-0.4, -0.2) is 18.1 Å². The van der Waals surface area contributed by atoms with Gasteiger partial charge in [0.25, 0.3) is 0 Å². The molecule has 0 unspecified atom stereocenters. The maximum atomic E-state index is 10.4. The first kappa shape index (κ1) is 9.37. The first-order valence-corrected chi connectivity index (χ1v) is 5.71. The fourth-order valence-corrected chi connectivity index (χ4v) is 2.26. The van der Waals surface area contributed by atoms with Gasteiger partial charge >= 0.3 is 9.15 Å². The average Bonchev–Trinajstić information content (AvgIpc) is 1.91. The van der Waals surface area contributed by atoms with E-state index < -0.39 is 9.15 Å². The molecule has 1 aromatic rings. The smallest absolute Gasteiger partial charge is 0.324 e. The van der Waals surface area contributed by atoms with Crippen molar-refractivity contribution in [1.29, 1.82) is 0 Å². The normalized spacial score (nSPS) is 11.4. The second-order valence-electron chi connectivity index (χ2n) is 1.98. The van der Waals surface area contributed by atoms with E-state index in [9.17, 15) is 8.42 Å². The van der Waals surface area contributed by atoms with E-state index in [0.717, 1.165) is 0 Å². The van der Waals surface area contributed by atoms with Crippen molar-refractivity contribution < 1.29 is 18.1 Å². The molecule has 0 aliphatic carbocycles. The molecule has 0 aliphatic heterocycles. The first-order chi connectivity index (χ1) is 5.49. The highest BCUT2D eigenvalue weighted by atomic mass is 33.1. The predicted molar refractivity (Wildman–Crippen MR) is 45.5 cm³/mol. The van der Waals surface area contributed by atoms with Gasteiger partial charge in [-0.1, -0.05) is 12.1 Å². The Hall–Kier alpha value is -0.720. The third-order valence-corrected chi connectivity index (χ3v) is 2.97. The Labute approximate surface area is 73.4 Å². The Balaban J connectivity index is 2.98. The van der Waals surface area contributed by atoms with Crippen LogP contribution in [0.15, 0.2) is 29.2 Å². The highest BCUT2D eigenvalue weighted by Crippen LogP contribution is 2.30. The van der Waals surface area contributed by atoms with Crippen molar-refractivity contribution in [3.05, 3.63) is 24.3 Å². The lowest BCUT2D eigenvalue weighted by Crippen LogP contribution is -1.88. The Morgan fingerprint density at radius 2 is 1.83 bits per heavy atom. The summed E-state index contributed by atoms with van der Waals surface area (Å²) in [6.45, 7) is 0. The summed E-state index contributed by atoms with van der Waals surface area (Å²) >= 11 is 0. The highest BCUT2D eigenvalue weighted by molar-refractivity contribution is 8.70. The van der Waals surface area contributed by atoms with Crippen molar-refractivity contribution in [2.24, 2.45) is 0 Å². The van der Waals surface area contributed by atoms with Crippen LogP contribution in [0.5, 0.6) is 5.75 Å². The first-order valence-electron chi connectivity index (χ1n) is 2.94. The van der Waals surface area contributed by atoms with E-state index in [1.807, 2.05) is 0 Å². The van der Waals surface area contributed by atoms with Crippen molar-refractivity contribution in [3.63, 3.8) is 0 Å². The SMILES string of the molecule is O=S(=O)(O)Sc1ccccc1O. The van der Waals surface area contributed by atoms with Crippen LogP contribution in [0.4, 0.5) is 0 Å². The Bertz CT molecular complexity index is 371. The standard InChI is InChI=1S/C6H6O4S2/c7-5-3-1-2-4-6(5)11-12(8,9)10/h1-4,7H,(H,8,9,10). The molecular formula is C6H6O4S2. The number of phenolic OH excluding ortho intramolecular Hbond substituents is 1. The Morgan fingerprint density at radius 1 is 1.25 bits per heavy atom. The van der Waals surface area contributed by atoms with Crippen LogP contribution in [0.2, 0.25) is 0 Å². The van der Waals surface area contributed by atoms with E-state index in [2.05, 4.69) is 0 Å². The number of para-hydroxylation sites is 1. The maximum absolute atomic E-state index is 10.4. The van der Waals surface area contributed by atoms with E-state index >= 15 is 0 Å². The fourth-order valence-electron chi connectivity index (χ4n) is 0.641. The summed E-state index contributed by atoms with van der Waals surface area (Å²) in [5.41, 5.74) is 0. The van der Waals surface area contributed by atoms with Crippen LogP contribution >= 0.6 is 10.8 Å². The zero-order valence-electron chi connectivity index (χ0n) is 5.84. The summed E-state index contributed by atoms with van der Waals surface area (Å²) in [5, 5.41) is 9.08. The van der Waals surface area contributed by atoms with Gasteiger partial charge in [0.05, 0.1) is 4.90 Å². The van der Waals surface area contributed by atoms with Crippen LogP contribution in [0, 0.1) is 0 Å². The largest absolute Gasteiger partial charge is 0.507 e. The fraction of sp³-hybridized carbons (Fsp3) is 0. The van der Waals surface area contributed by atoms with Gasteiger partial charge in [0.1, 0.15) is 5.75 Å². The molecule has 6 heteroatoms. The predicted octanol–water partition coefficient (Wildman–Crippen LogP) is 1.29. The molecular weight excluding hydrogens is 200 g/mol. The van der Waals surface area contributed by atoms with Crippen LogP contribution in [-0.2, 0) is 9.15 Å². The van der Waals surface area contributed by atoms with Gasteiger partial charge in [-0.3, -0.25) is 4.55 Å². The van der Waals surface area contributed by atoms with Gasteiger partial charge in [-0.15, -0.1) is 0 Å². The minimum absolute atomic E-state index is 0.111. The van der Waals surface area contributed by atoms with E-state index in [4.69, 9.17) is 9.66 Å². The average molecular weight is 206 g/mol. The molecule has 66 valence electrons. The summed E-state index contributed by atoms with van der Waals surface area (Å²) in [6, 6.07) is 5.86. The third-order valence-electron chi connectivity index (χ3n) is 1.06. The monoisotopic (exact) mass is 206 g/mol. The van der Waals surface area contributed by atoms with Crippen molar-refractivity contribution in [1.82, 2.24) is 0 Å². The quantitative estimate of drug-likeness (QED) is 0.563. The molecule has 0 atom stereocenters. The van der Waals surface area contributed by atoms with Gasteiger partial charge in [0.2, 0.25) is 0 Å². The summed E-state index contributed by atoms with van der Waals surface area (Å²) in [5.74, 6) is -0.167. The van der Waals surface area contributed by atoms with Crippen molar-refractivity contribution in [2.45, 2.75) is 4.90 Å². The maximum Gasteiger partial charge on any atom is 0.324 e. The van der Waals surface area contributed by atoms with Crippen LogP contribution in [0.1, 0.15) is 0 Å². The molecule has 0 amide bonds. The van der Waals surface area contributed by atoms with Crippen LogP contribution < -0.4 is 0 Å². The molecule has 12 heavy (non-hydrogen) atoms.